The van der Waals surface area contributed by atoms with Crippen molar-refractivity contribution in [2.24, 2.45) is 0 Å². The van der Waals surface area contributed by atoms with Gasteiger partial charge < -0.3 is 10.2 Å². The zero-order chi connectivity index (χ0) is 23.4. The molecule has 6 nitrogen and oxygen atoms in total. The molecule has 1 saturated heterocycles. The number of nitrogens with zero attached hydrogens (tertiary/aromatic N) is 5. The highest BCUT2D eigenvalue weighted by atomic mass is 19.3. The summed E-state index contributed by atoms with van der Waals surface area (Å²) in [6, 6.07) is 5.68. The molecule has 4 heterocycles. The predicted molar refractivity (Wildman–Crippen MR) is 128 cm³/mol. The van der Waals surface area contributed by atoms with Crippen LogP contribution >= 0.6 is 0 Å². The lowest BCUT2D eigenvalue weighted by atomic mass is 10.1. The van der Waals surface area contributed by atoms with Crippen molar-refractivity contribution in [2.45, 2.75) is 26.2 Å². The third kappa shape index (κ3) is 5.00. The molecule has 0 aromatic carbocycles. The Morgan fingerprint density at radius 2 is 2.00 bits per heavy atom. The maximum atomic E-state index is 12.7. The fourth-order valence-electron chi connectivity index (χ4n) is 3.64. The van der Waals surface area contributed by atoms with Crippen LogP contribution in [-0.4, -0.2) is 44.0 Å². The second-order valence-electron chi connectivity index (χ2n) is 7.90. The van der Waals surface area contributed by atoms with Gasteiger partial charge >= 0.3 is 0 Å². The van der Waals surface area contributed by atoms with E-state index in [-0.39, 0.29) is 5.57 Å². The molecule has 0 spiro atoms. The third-order valence-corrected chi connectivity index (χ3v) is 5.55. The van der Waals surface area contributed by atoms with Crippen LogP contribution in [0, 0.1) is 0 Å². The zero-order valence-corrected chi connectivity index (χ0v) is 18.5. The number of hydrogen-bond acceptors (Lipinski definition) is 5. The van der Waals surface area contributed by atoms with E-state index >= 15 is 0 Å². The minimum Gasteiger partial charge on any atom is -0.371 e. The number of hydrogen-bond donors (Lipinski definition) is 1. The summed E-state index contributed by atoms with van der Waals surface area (Å²) >= 11 is 0. The third-order valence-electron chi connectivity index (χ3n) is 5.55. The Hall–Kier alpha value is -3.81. The average molecular weight is 449 g/mol. The van der Waals surface area contributed by atoms with Gasteiger partial charge in [0.25, 0.3) is 6.43 Å². The van der Waals surface area contributed by atoms with Crippen LogP contribution in [0.1, 0.15) is 31.2 Å². The van der Waals surface area contributed by atoms with E-state index in [1.54, 1.807) is 23.0 Å². The van der Waals surface area contributed by atoms with Crippen molar-refractivity contribution in [3.8, 4) is 0 Å². The second kappa shape index (κ2) is 9.77. The summed E-state index contributed by atoms with van der Waals surface area (Å²) in [5.74, 6) is 0.982. The molecule has 3 aromatic rings. The van der Waals surface area contributed by atoms with Crippen LogP contribution < -0.4 is 5.32 Å². The Labute approximate surface area is 191 Å². The van der Waals surface area contributed by atoms with Crippen LogP contribution in [0.4, 0.5) is 20.3 Å². The summed E-state index contributed by atoms with van der Waals surface area (Å²) in [5, 5.41) is 7.91. The lowest BCUT2D eigenvalue weighted by Crippen LogP contribution is -2.17. The molecule has 4 rings (SSSR count). The smallest absolute Gasteiger partial charge is 0.259 e. The molecule has 0 unspecified atom stereocenters. The number of aromatic nitrogens is 4. The molecule has 0 amide bonds. The monoisotopic (exact) mass is 448 g/mol. The van der Waals surface area contributed by atoms with Gasteiger partial charge in [0.05, 0.1) is 5.69 Å². The minimum atomic E-state index is -2.49. The van der Waals surface area contributed by atoms with Gasteiger partial charge in [-0.15, -0.1) is 5.10 Å². The number of anilines is 2. The molecule has 0 radical (unpaired) electrons. The minimum absolute atomic E-state index is 0.0216. The Kier molecular flexibility index (Phi) is 6.63. The first kappa shape index (κ1) is 22.4. The van der Waals surface area contributed by atoms with E-state index in [1.807, 2.05) is 24.4 Å². The topological polar surface area (TPSA) is 58.4 Å². The largest absolute Gasteiger partial charge is 0.371 e. The molecule has 3 aromatic heterocycles. The number of halogens is 2. The molecule has 0 bridgehead atoms. The van der Waals surface area contributed by atoms with E-state index in [1.165, 1.54) is 19.1 Å². The van der Waals surface area contributed by atoms with E-state index in [0.29, 0.717) is 17.2 Å². The molecule has 0 saturated carbocycles. The van der Waals surface area contributed by atoms with E-state index in [2.05, 4.69) is 38.4 Å². The molecule has 33 heavy (non-hydrogen) atoms. The van der Waals surface area contributed by atoms with E-state index in [9.17, 15) is 8.78 Å². The summed E-state index contributed by atoms with van der Waals surface area (Å²) in [5.41, 5.74) is 3.95. The number of allylic oxidation sites excluding steroid dienone is 5. The van der Waals surface area contributed by atoms with Crippen molar-refractivity contribution in [1.82, 2.24) is 24.5 Å². The lowest BCUT2D eigenvalue weighted by Gasteiger charge is -2.22. The number of alkyl halides is 2. The van der Waals surface area contributed by atoms with Gasteiger partial charge in [0, 0.05) is 48.5 Å². The molecule has 1 aliphatic heterocycles. The zero-order valence-electron chi connectivity index (χ0n) is 18.5. The van der Waals surface area contributed by atoms with Crippen molar-refractivity contribution in [3.05, 3.63) is 85.1 Å². The molecule has 1 N–H and O–H groups in total. The predicted octanol–water partition coefficient (Wildman–Crippen LogP) is 5.72. The number of fused-ring (bicyclic) bond motifs is 1. The van der Waals surface area contributed by atoms with Crippen LogP contribution in [0.3, 0.4) is 0 Å². The second-order valence-corrected chi connectivity index (χ2v) is 7.90. The molecular formula is C25H26F2N6. The van der Waals surface area contributed by atoms with Crippen LogP contribution in [0.15, 0.2) is 73.7 Å². The van der Waals surface area contributed by atoms with Gasteiger partial charge in [-0.2, -0.15) is 0 Å². The van der Waals surface area contributed by atoms with E-state index in [0.717, 1.165) is 48.4 Å². The van der Waals surface area contributed by atoms with Gasteiger partial charge in [0.2, 0.25) is 0 Å². The van der Waals surface area contributed by atoms with Crippen molar-refractivity contribution >= 4 is 28.3 Å². The van der Waals surface area contributed by atoms with Crippen molar-refractivity contribution < 1.29 is 8.78 Å². The maximum Gasteiger partial charge on any atom is 0.259 e. The van der Waals surface area contributed by atoms with Crippen LogP contribution in [0.25, 0.3) is 16.8 Å². The molecule has 1 fully saturated rings. The Morgan fingerprint density at radius 3 is 2.76 bits per heavy atom. The van der Waals surface area contributed by atoms with Gasteiger partial charge in [-0.1, -0.05) is 31.4 Å². The number of nitrogens with one attached hydrogen (secondary N) is 1. The maximum absolute atomic E-state index is 12.7. The molecule has 0 aliphatic carbocycles. The van der Waals surface area contributed by atoms with Crippen LogP contribution in [-0.2, 0) is 0 Å². The van der Waals surface area contributed by atoms with Crippen LogP contribution in [0.2, 0.25) is 0 Å². The van der Waals surface area contributed by atoms with Gasteiger partial charge in [-0.05, 0) is 43.5 Å². The molecule has 8 heteroatoms. The SMILES string of the molecule is C=C(/C=C\C=C(/C)C(F)F)c1nc(Nc2ccncc2C(=C)N2CCCC2)c2cccn2n1. The van der Waals surface area contributed by atoms with Crippen molar-refractivity contribution in [1.29, 1.82) is 0 Å². The summed E-state index contributed by atoms with van der Waals surface area (Å²) in [7, 11) is 0. The van der Waals surface area contributed by atoms with E-state index < -0.39 is 6.43 Å². The lowest BCUT2D eigenvalue weighted by molar-refractivity contribution is 0.190. The van der Waals surface area contributed by atoms with Crippen molar-refractivity contribution in [3.63, 3.8) is 0 Å². The number of likely N-dealkylation sites (tertiary alicyclic amines) is 1. The number of pyridine rings is 1. The van der Waals surface area contributed by atoms with Crippen LogP contribution in [0.5, 0.6) is 0 Å². The highest BCUT2D eigenvalue weighted by molar-refractivity contribution is 5.81. The van der Waals surface area contributed by atoms with Gasteiger partial charge in [0.1, 0.15) is 5.52 Å². The highest BCUT2D eigenvalue weighted by Crippen LogP contribution is 2.30. The molecule has 0 atom stereocenters. The summed E-state index contributed by atoms with van der Waals surface area (Å²) in [6.45, 7) is 11.6. The Morgan fingerprint density at radius 1 is 1.21 bits per heavy atom. The molecule has 170 valence electrons. The summed E-state index contributed by atoms with van der Waals surface area (Å²) in [6.07, 6.45) is 9.68. The summed E-state index contributed by atoms with van der Waals surface area (Å²) in [4.78, 5) is 11.2. The first-order chi connectivity index (χ1) is 15.9. The standard InChI is InChI=1S/C25H26F2N6/c1-17(23(26)27)8-6-9-18(2)24-30-25(22-10-7-15-33(22)31-24)29-21-11-12-28-16-20(21)19(3)32-13-4-5-14-32/h6-12,15-16,23H,2-5,13-14H2,1H3,(H,28,29,30,31)/b9-6-,17-8+. The summed E-state index contributed by atoms with van der Waals surface area (Å²) < 4.78 is 27.1. The average Bonchev–Trinajstić information content (AvgIpc) is 3.51. The fraction of sp³-hybridized carbons (Fsp3) is 0.240. The Bertz CT molecular complexity index is 1230. The first-order valence-corrected chi connectivity index (χ1v) is 10.8. The quantitative estimate of drug-likeness (QED) is 0.447. The normalized spacial score (nSPS) is 14.5. The Balaban J connectivity index is 1.65. The van der Waals surface area contributed by atoms with E-state index in [4.69, 9.17) is 0 Å². The van der Waals surface area contributed by atoms with Crippen molar-refractivity contribution in [2.75, 3.05) is 18.4 Å². The first-order valence-electron chi connectivity index (χ1n) is 10.8. The number of rotatable bonds is 8. The highest BCUT2D eigenvalue weighted by Gasteiger charge is 2.18. The van der Waals surface area contributed by atoms with Gasteiger partial charge in [-0.25, -0.2) is 18.3 Å². The molecule has 1 aliphatic rings. The van der Waals surface area contributed by atoms with Gasteiger partial charge in [-0.3, -0.25) is 4.98 Å². The van der Waals surface area contributed by atoms with Gasteiger partial charge in [0.15, 0.2) is 11.6 Å². The fourth-order valence-corrected chi connectivity index (χ4v) is 3.64. The molecular weight excluding hydrogens is 422 g/mol.